The van der Waals surface area contributed by atoms with Crippen LogP contribution in [0.1, 0.15) is 18.4 Å². The Bertz CT molecular complexity index is 858. The van der Waals surface area contributed by atoms with Crippen LogP contribution in [0.25, 0.3) is 10.8 Å². The summed E-state index contributed by atoms with van der Waals surface area (Å²) in [4.78, 5) is 39.1. The van der Waals surface area contributed by atoms with Crippen molar-refractivity contribution >= 4 is 28.6 Å². The number of rotatable bonds is 5. The van der Waals surface area contributed by atoms with Crippen LogP contribution >= 0.6 is 0 Å². The number of aryl methyl sites for hydroxylation is 1. The third-order valence-corrected chi connectivity index (χ3v) is 3.93. The van der Waals surface area contributed by atoms with Gasteiger partial charge < -0.3 is 9.94 Å². The number of allylic oxidation sites excluding steroid dienone is 1. The molecule has 1 atom stereocenters. The number of benzene rings is 2. The first-order valence-corrected chi connectivity index (χ1v) is 7.95. The van der Waals surface area contributed by atoms with Gasteiger partial charge in [0.2, 0.25) is 0 Å². The summed E-state index contributed by atoms with van der Waals surface area (Å²) < 4.78 is 0. The van der Waals surface area contributed by atoms with Gasteiger partial charge in [-0.05, 0) is 29.2 Å². The van der Waals surface area contributed by atoms with Crippen LogP contribution in [0.4, 0.5) is 0 Å². The highest BCUT2D eigenvalue weighted by atomic mass is 16.7. The molecule has 2 aromatic carbocycles. The second kappa shape index (κ2) is 7.27. The zero-order valence-electron chi connectivity index (χ0n) is 13.4. The Morgan fingerprint density at radius 3 is 2.68 bits per heavy atom. The monoisotopic (exact) mass is 339 g/mol. The minimum absolute atomic E-state index is 0.320. The highest BCUT2D eigenvalue weighted by Gasteiger charge is 2.40. The van der Waals surface area contributed by atoms with Crippen LogP contribution in [0.2, 0.25) is 0 Å². The van der Waals surface area contributed by atoms with Crippen LogP contribution in [0.5, 0.6) is 0 Å². The van der Waals surface area contributed by atoms with Crippen molar-refractivity contribution in [3.63, 3.8) is 0 Å². The predicted molar refractivity (Wildman–Crippen MR) is 90.0 cm³/mol. The number of hydroxylamine groups is 2. The quantitative estimate of drug-likeness (QED) is 0.664. The summed E-state index contributed by atoms with van der Waals surface area (Å²) in [6.45, 7) is 0. The average molecular weight is 339 g/mol. The molecule has 1 saturated heterocycles. The van der Waals surface area contributed by atoms with Gasteiger partial charge in [-0.15, -0.1) is 0 Å². The predicted octanol–water partition coefficient (Wildman–Crippen LogP) is 1.91. The molecule has 0 saturated carbocycles. The fraction of sp³-hybridized carbons (Fsp3) is 0.211. The Hall–Kier alpha value is -2.99. The van der Waals surface area contributed by atoms with Crippen LogP contribution in [0, 0.1) is 0 Å². The number of hydrogen-bond acceptors (Lipinski definition) is 5. The smallest absolute Gasteiger partial charge is 0.356 e. The number of carbonyl (C=O) groups is 3. The van der Waals surface area contributed by atoms with Crippen molar-refractivity contribution in [3.8, 4) is 0 Å². The summed E-state index contributed by atoms with van der Waals surface area (Å²) in [5, 5.41) is 11.9. The Morgan fingerprint density at radius 2 is 1.96 bits per heavy atom. The van der Waals surface area contributed by atoms with E-state index in [1.807, 2.05) is 30.3 Å². The van der Waals surface area contributed by atoms with E-state index in [1.165, 1.54) is 11.5 Å². The minimum Gasteiger partial charge on any atom is -0.383 e. The molecule has 1 unspecified atom stereocenters. The van der Waals surface area contributed by atoms with Crippen molar-refractivity contribution in [2.45, 2.75) is 25.4 Å². The first-order chi connectivity index (χ1) is 12.0. The lowest BCUT2D eigenvalue weighted by atomic mass is 10.0. The molecule has 0 bridgehead atoms. The van der Waals surface area contributed by atoms with E-state index < -0.39 is 23.9 Å². The van der Waals surface area contributed by atoms with E-state index in [0.717, 1.165) is 17.4 Å². The van der Waals surface area contributed by atoms with E-state index >= 15 is 0 Å². The van der Waals surface area contributed by atoms with Crippen molar-refractivity contribution in [1.82, 2.24) is 5.06 Å². The van der Waals surface area contributed by atoms with Crippen LogP contribution < -0.4 is 0 Å². The lowest BCUT2D eigenvalue weighted by molar-refractivity contribution is -0.195. The summed E-state index contributed by atoms with van der Waals surface area (Å²) in [5.41, 5.74) is 1.14. The van der Waals surface area contributed by atoms with Gasteiger partial charge in [0.1, 0.15) is 6.10 Å². The van der Waals surface area contributed by atoms with Crippen LogP contribution in [0.3, 0.4) is 0 Å². The third-order valence-electron chi connectivity index (χ3n) is 3.93. The molecule has 1 heterocycles. The first-order valence-electron chi connectivity index (χ1n) is 7.95. The second-order valence-electron chi connectivity index (χ2n) is 5.78. The number of imide groups is 1. The molecule has 0 aromatic heterocycles. The molecule has 0 radical (unpaired) electrons. The minimum atomic E-state index is -1.43. The number of hydrogen-bond donors (Lipinski definition) is 1. The molecule has 0 spiro atoms. The fourth-order valence-corrected chi connectivity index (χ4v) is 2.63. The van der Waals surface area contributed by atoms with Gasteiger partial charge in [0, 0.05) is 6.08 Å². The van der Waals surface area contributed by atoms with Crippen LogP contribution in [-0.4, -0.2) is 34.1 Å². The van der Waals surface area contributed by atoms with Crippen molar-refractivity contribution in [2.75, 3.05) is 0 Å². The summed E-state index contributed by atoms with van der Waals surface area (Å²) >= 11 is 0. The lowest BCUT2D eigenvalue weighted by Crippen LogP contribution is -2.33. The van der Waals surface area contributed by atoms with Gasteiger partial charge in [-0.25, -0.2) is 4.79 Å². The van der Waals surface area contributed by atoms with Crippen LogP contribution in [0.15, 0.2) is 54.6 Å². The van der Waals surface area contributed by atoms with Crippen molar-refractivity contribution in [3.05, 3.63) is 60.2 Å². The zero-order chi connectivity index (χ0) is 17.8. The molecule has 1 aliphatic heterocycles. The number of fused-ring (bicyclic) bond motifs is 1. The summed E-state index contributed by atoms with van der Waals surface area (Å²) in [7, 11) is 0. The van der Waals surface area contributed by atoms with Crippen molar-refractivity contribution in [2.24, 2.45) is 0 Å². The Balaban J connectivity index is 1.51. The van der Waals surface area contributed by atoms with E-state index in [-0.39, 0.29) is 6.42 Å². The van der Waals surface area contributed by atoms with E-state index in [2.05, 4.69) is 17.0 Å². The summed E-state index contributed by atoms with van der Waals surface area (Å²) in [6.07, 6.45) is 2.35. The van der Waals surface area contributed by atoms with Gasteiger partial charge in [-0.3, -0.25) is 9.59 Å². The largest absolute Gasteiger partial charge is 0.383 e. The van der Waals surface area contributed by atoms with Gasteiger partial charge in [0.15, 0.2) is 0 Å². The molecule has 1 N–H and O–H groups in total. The molecule has 2 aromatic rings. The molecule has 1 fully saturated rings. The second-order valence-corrected chi connectivity index (χ2v) is 5.78. The van der Waals surface area contributed by atoms with Gasteiger partial charge >= 0.3 is 5.97 Å². The average Bonchev–Trinajstić information content (AvgIpc) is 2.85. The summed E-state index contributed by atoms with van der Waals surface area (Å²) in [6, 6.07) is 14.3. The fourth-order valence-electron chi connectivity index (χ4n) is 2.63. The van der Waals surface area contributed by atoms with E-state index in [4.69, 9.17) is 0 Å². The number of nitrogens with zero attached hydrogens (tertiary/aromatic N) is 1. The molecule has 128 valence electrons. The Labute approximate surface area is 144 Å². The Morgan fingerprint density at radius 1 is 1.20 bits per heavy atom. The highest BCUT2D eigenvalue weighted by Crippen LogP contribution is 2.17. The molecule has 0 aliphatic carbocycles. The van der Waals surface area contributed by atoms with Gasteiger partial charge in [-0.2, -0.15) is 0 Å². The third kappa shape index (κ3) is 3.92. The molecule has 1 aliphatic rings. The van der Waals surface area contributed by atoms with Gasteiger partial charge in [0.25, 0.3) is 11.8 Å². The van der Waals surface area contributed by atoms with E-state index in [1.54, 1.807) is 6.08 Å². The van der Waals surface area contributed by atoms with Gasteiger partial charge in [-0.1, -0.05) is 53.6 Å². The molecular formula is C19H17NO5. The highest BCUT2D eigenvalue weighted by molar-refractivity contribution is 6.04. The zero-order valence-corrected chi connectivity index (χ0v) is 13.4. The number of amides is 2. The molecule has 6 heteroatoms. The number of carbonyl (C=O) groups excluding carboxylic acids is 3. The normalized spacial score (nSPS) is 17.6. The Kier molecular flexibility index (Phi) is 4.90. The maximum absolute atomic E-state index is 11.6. The van der Waals surface area contributed by atoms with E-state index in [0.29, 0.717) is 11.5 Å². The maximum atomic E-state index is 11.6. The molecular weight excluding hydrogens is 322 g/mol. The first kappa shape index (κ1) is 16.9. The van der Waals surface area contributed by atoms with Crippen LogP contribution in [-0.2, 0) is 25.6 Å². The van der Waals surface area contributed by atoms with Crippen molar-refractivity contribution in [1.29, 1.82) is 0 Å². The number of aliphatic hydroxyl groups excluding tert-OH is 1. The topological polar surface area (TPSA) is 83.9 Å². The molecule has 3 rings (SSSR count). The maximum Gasteiger partial charge on any atom is 0.356 e. The lowest BCUT2D eigenvalue weighted by Gasteiger charge is -2.10. The van der Waals surface area contributed by atoms with Gasteiger partial charge in [0.05, 0.1) is 6.42 Å². The van der Waals surface area contributed by atoms with E-state index in [9.17, 15) is 19.5 Å². The molecule has 2 amide bonds. The van der Waals surface area contributed by atoms with Crippen molar-refractivity contribution < 1.29 is 24.3 Å². The standard InChI is InChI=1S/C19H17NO5/c21-16-12-17(22)20(19(16)24)25-18(23)8-4-1-5-13-9-10-14-6-2-3-7-15(14)11-13/h2-4,6-11,16,21H,1,5,12H2. The summed E-state index contributed by atoms with van der Waals surface area (Å²) in [5.74, 6) is -2.47. The molecule has 6 nitrogen and oxygen atoms in total. The number of aliphatic hydroxyl groups is 1. The SMILES string of the molecule is O=C(C=CCCc1ccc2ccccc2c1)ON1C(=O)CC(O)C1=O. The molecule has 25 heavy (non-hydrogen) atoms.